The van der Waals surface area contributed by atoms with Crippen LogP contribution in [0.2, 0.25) is 5.02 Å². The number of carbonyl (C=O) groups is 1. The zero-order valence-electron chi connectivity index (χ0n) is 13.7. The van der Waals surface area contributed by atoms with Gasteiger partial charge in [0.05, 0.1) is 5.75 Å². The molecule has 2 aromatic carbocycles. The molecule has 27 heavy (non-hydrogen) atoms. The van der Waals surface area contributed by atoms with Crippen molar-refractivity contribution in [3.8, 4) is 11.3 Å². The molecule has 2 heterocycles. The lowest BCUT2D eigenvalue weighted by molar-refractivity contribution is 0.102. The minimum absolute atomic E-state index is 0.00768. The largest absolute Gasteiger partial charge is 0.293 e. The van der Waals surface area contributed by atoms with Gasteiger partial charge in [-0.25, -0.2) is 14.4 Å². The Balaban J connectivity index is 1.58. The van der Waals surface area contributed by atoms with Crippen LogP contribution in [-0.4, -0.2) is 25.9 Å². The monoisotopic (exact) mass is 415 g/mol. The molecule has 0 unspecified atom stereocenters. The molecule has 0 fully saturated rings. The molecule has 0 radical (unpaired) electrons. The summed E-state index contributed by atoms with van der Waals surface area (Å²) >= 11 is 8.47. The van der Waals surface area contributed by atoms with Gasteiger partial charge in [0.2, 0.25) is 0 Å². The van der Waals surface area contributed by atoms with Crippen LogP contribution >= 0.6 is 34.9 Å². The van der Waals surface area contributed by atoms with E-state index in [4.69, 9.17) is 11.6 Å². The Bertz CT molecular complexity index is 1110. The summed E-state index contributed by atoms with van der Waals surface area (Å²) in [6.45, 7) is 0. The van der Waals surface area contributed by atoms with E-state index in [9.17, 15) is 9.18 Å². The van der Waals surface area contributed by atoms with Crippen molar-refractivity contribution in [3.05, 3.63) is 71.3 Å². The van der Waals surface area contributed by atoms with Gasteiger partial charge in [-0.3, -0.25) is 4.79 Å². The number of Topliss-reactive ketones (excluding diaryl/α,β-unsaturated/α-hetero) is 1. The van der Waals surface area contributed by atoms with Gasteiger partial charge in [-0.1, -0.05) is 23.4 Å². The lowest BCUT2D eigenvalue weighted by Gasteiger charge is -2.03. The molecule has 0 saturated heterocycles. The van der Waals surface area contributed by atoms with Crippen molar-refractivity contribution < 1.29 is 9.18 Å². The highest BCUT2D eigenvalue weighted by molar-refractivity contribution is 8.00. The Kier molecular flexibility index (Phi) is 5.15. The smallest absolute Gasteiger partial charge is 0.173 e. The lowest BCUT2D eigenvalue weighted by Crippen LogP contribution is -2.02. The van der Waals surface area contributed by atoms with Crippen LogP contribution in [0.25, 0.3) is 21.5 Å². The molecular formula is C19H11ClFN3OS2. The molecule has 8 heteroatoms. The molecule has 0 amide bonds. The van der Waals surface area contributed by atoms with Crippen LogP contribution in [-0.2, 0) is 0 Å². The molecular weight excluding hydrogens is 405 g/mol. The maximum atomic E-state index is 13.2. The quantitative estimate of drug-likeness (QED) is 0.244. The summed E-state index contributed by atoms with van der Waals surface area (Å²) in [6.07, 6.45) is 1.46. The van der Waals surface area contributed by atoms with Crippen molar-refractivity contribution in [1.29, 1.82) is 0 Å². The highest BCUT2D eigenvalue weighted by Crippen LogP contribution is 2.34. The highest BCUT2D eigenvalue weighted by atomic mass is 35.5. The number of hydrogen-bond donors (Lipinski definition) is 0. The van der Waals surface area contributed by atoms with Gasteiger partial charge in [0.15, 0.2) is 5.78 Å². The summed E-state index contributed by atoms with van der Waals surface area (Å²) in [7, 11) is 0. The standard InChI is InChI=1S/C19H11ClFN3OS2/c20-13-5-1-11(2-6-13)15(25)9-26-19-18-17(22-10-23-19)16(24-27-18)12-3-7-14(21)8-4-12/h1-8,10H,9H2. The molecule has 0 saturated carbocycles. The first-order valence-corrected chi connectivity index (χ1v) is 10.0. The SMILES string of the molecule is O=C(CSc1ncnc2c(-c3ccc(F)cc3)nsc12)c1ccc(Cl)cc1. The Labute approximate surface area is 167 Å². The minimum atomic E-state index is -0.301. The van der Waals surface area contributed by atoms with Crippen molar-refractivity contribution in [3.63, 3.8) is 0 Å². The first-order chi connectivity index (χ1) is 13.1. The highest BCUT2D eigenvalue weighted by Gasteiger charge is 2.16. The number of hydrogen-bond acceptors (Lipinski definition) is 6. The number of aromatic nitrogens is 3. The molecule has 0 spiro atoms. The molecule has 0 bridgehead atoms. The predicted octanol–water partition coefficient (Wildman–Crippen LogP) is 5.52. The maximum Gasteiger partial charge on any atom is 0.173 e. The van der Waals surface area contributed by atoms with Gasteiger partial charge < -0.3 is 0 Å². The summed E-state index contributed by atoms with van der Waals surface area (Å²) in [6, 6.07) is 12.9. The van der Waals surface area contributed by atoms with Gasteiger partial charge in [-0.05, 0) is 60.1 Å². The second kappa shape index (κ2) is 7.72. The van der Waals surface area contributed by atoms with Crippen LogP contribution in [0.4, 0.5) is 4.39 Å². The number of benzene rings is 2. The lowest BCUT2D eigenvalue weighted by atomic mass is 10.1. The number of carbonyl (C=O) groups excluding carboxylic acids is 1. The average Bonchev–Trinajstić information content (AvgIpc) is 3.12. The van der Waals surface area contributed by atoms with E-state index in [1.807, 2.05) is 0 Å². The average molecular weight is 416 g/mol. The molecule has 0 aliphatic rings. The van der Waals surface area contributed by atoms with E-state index in [1.165, 1.54) is 41.8 Å². The molecule has 4 rings (SSSR count). The van der Waals surface area contributed by atoms with Crippen LogP contribution in [0.5, 0.6) is 0 Å². The Hall–Kier alpha value is -2.35. The van der Waals surface area contributed by atoms with Gasteiger partial charge in [-0.15, -0.1) is 0 Å². The number of fused-ring (bicyclic) bond motifs is 1. The first kappa shape index (κ1) is 18.0. The van der Waals surface area contributed by atoms with Crippen LogP contribution in [0, 0.1) is 5.82 Å². The molecule has 2 aromatic heterocycles. The van der Waals surface area contributed by atoms with E-state index in [2.05, 4.69) is 14.3 Å². The molecule has 4 nitrogen and oxygen atoms in total. The molecule has 134 valence electrons. The number of ketones is 1. The summed E-state index contributed by atoms with van der Waals surface area (Å²) in [4.78, 5) is 21.0. The summed E-state index contributed by atoms with van der Waals surface area (Å²) < 4.78 is 18.4. The Morgan fingerprint density at radius 2 is 1.81 bits per heavy atom. The summed E-state index contributed by atoms with van der Waals surface area (Å²) in [5.41, 5.74) is 2.77. The van der Waals surface area contributed by atoms with E-state index >= 15 is 0 Å². The first-order valence-electron chi connectivity index (χ1n) is 7.90. The molecule has 0 N–H and O–H groups in total. The van der Waals surface area contributed by atoms with Crippen molar-refractivity contribution in [2.75, 3.05) is 5.75 Å². The van der Waals surface area contributed by atoms with Crippen LogP contribution in [0.1, 0.15) is 10.4 Å². The fraction of sp³-hybridized carbons (Fsp3) is 0.0526. The van der Waals surface area contributed by atoms with Gasteiger partial charge >= 0.3 is 0 Å². The van der Waals surface area contributed by atoms with Crippen molar-refractivity contribution in [2.45, 2.75) is 5.03 Å². The van der Waals surface area contributed by atoms with Gasteiger partial charge in [0.25, 0.3) is 0 Å². The fourth-order valence-electron chi connectivity index (χ4n) is 2.50. The van der Waals surface area contributed by atoms with Crippen molar-refractivity contribution in [1.82, 2.24) is 14.3 Å². The Morgan fingerprint density at radius 1 is 1.07 bits per heavy atom. The van der Waals surface area contributed by atoms with Crippen LogP contribution in [0.3, 0.4) is 0 Å². The third-order valence-corrected chi connectivity index (χ3v) is 6.06. The van der Waals surface area contributed by atoms with E-state index < -0.39 is 0 Å². The topological polar surface area (TPSA) is 55.7 Å². The number of nitrogens with zero attached hydrogens (tertiary/aromatic N) is 3. The zero-order chi connectivity index (χ0) is 18.8. The second-order valence-corrected chi connectivity index (χ2v) is 7.79. The zero-order valence-corrected chi connectivity index (χ0v) is 16.1. The maximum absolute atomic E-state index is 13.2. The third-order valence-electron chi connectivity index (χ3n) is 3.85. The van der Waals surface area contributed by atoms with Gasteiger partial charge in [0, 0.05) is 16.1 Å². The summed E-state index contributed by atoms with van der Waals surface area (Å²) in [5.74, 6) is -0.0612. The second-order valence-electron chi connectivity index (χ2n) is 5.61. The number of halogens is 2. The predicted molar refractivity (Wildman–Crippen MR) is 107 cm³/mol. The minimum Gasteiger partial charge on any atom is -0.293 e. The summed E-state index contributed by atoms with van der Waals surface area (Å²) in [5, 5.41) is 1.29. The molecule has 0 aliphatic heterocycles. The molecule has 4 aromatic rings. The van der Waals surface area contributed by atoms with Crippen molar-refractivity contribution in [2.24, 2.45) is 0 Å². The van der Waals surface area contributed by atoms with Gasteiger partial charge in [0.1, 0.15) is 33.1 Å². The van der Waals surface area contributed by atoms with Crippen LogP contribution < -0.4 is 0 Å². The van der Waals surface area contributed by atoms with E-state index in [1.54, 1.807) is 36.4 Å². The van der Waals surface area contributed by atoms with Gasteiger partial charge in [-0.2, -0.15) is 4.37 Å². The fourth-order valence-corrected chi connectivity index (χ4v) is 4.44. The van der Waals surface area contributed by atoms with Crippen LogP contribution in [0.15, 0.2) is 59.9 Å². The molecule has 0 aliphatic carbocycles. The number of rotatable bonds is 5. The van der Waals surface area contributed by atoms with E-state index in [-0.39, 0.29) is 17.4 Å². The third kappa shape index (κ3) is 3.85. The Morgan fingerprint density at radius 3 is 2.56 bits per heavy atom. The van der Waals surface area contributed by atoms with E-state index in [0.717, 1.165) is 10.3 Å². The molecule has 0 atom stereocenters. The normalized spacial score (nSPS) is 11.0. The van der Waals surface area contributed by atoms with Crippen molar-refractivity contribution >= 4 is 50.9 Å². The van der Waals surface area contributed by atoms with E-state index in [0.29, 0.717) is 26.8 Å². The number of thioether (sulfide) groups is 1.